The maximum atomic E-state index is 13.3. The fraction of sp³-hybridized carbons (Fsp3) is 0.500. The number of carboxylic acids is 1. The van der Waals surface area contributed by atoms with Crippen LogP contribution in [0.5, 0.6) is 0 Å². The Morgan fingerprint density at radius 1 is 1.37 bits per heavy atom. The van der Waals surface area contributed by atoms with E-state index >= 15 is 0 Å². The van der Waals surface area contributed by atoms with Crippen LogP contribution < -0.4 is 0 Å². The minimum Gasteiger partial charge on any atom is -0.481 e. The molecule has 2 atom stereocenters. The highest BCUT2D eigenvalue weighted by Gasteiger charge is 2.44. The molecule has 0 spiro atoms. The number of rotatable bonds is 4. The molecule has 0 aliphatic heterocycles. The highest BCUT2D eigenvalue weighted by atomic mass is 19.3. The summed E-state index contributed by atoms with van der Waals surface area (Å²) in [5.74, 6) is -4.73. The van der Waals surface area contributed by atoms with Crippen molar-refractivity contribution in [1.82, 2.24) is 0 Å². The normalized spacial score (nSPS) is 26.0. The number of carboxylic acid groups (broad SMARTS) is 1. The van der Waals surface area contributed by atoms with Gasteiger partial charge in [-0.2, -0.15) is 0 Å². The SMILES string of the molecule is O=C(O)C1CCC(F)(F)CC1OCc1ccccc1. The Morgan fingerprint density at radius 2 is 2.05 bits per heavy atom. The van der Waals surface area contributed by atoms with Gasteiger partial charge in [0.05, 0.1) is 18.6 Å². The summed E-state index contributed by atoms with van der Waals surface area (Å²) in [5.41, 5.74) is 0.848. The smallest absolute Gasteiger partial charge is 0.309 e. The van der Waals surface area contributed by atoms with Crippen molar-refractivity contribution < 1.29 is 23.4 Å². The molecular formula is C14H16F2O3. The third-order valence-corrected chi connectivity index (χ3v) is 3.39. The Balaban J connectivity index is 2.00. The average molecular weight is 270 g/mol. The molecule has 1 N–H and O–H groups in total. The molecule has 0 heterocycles. The Morgan fingerprint density at radius 3 is 2.68 bits per heavy atom. The summed E-state index contributed by atoms with van der Waals surface area (Å²) in [6.45, 7) is 0.158. The van der Waals surface area contributed by atoms with E-state index in [4.69, 9.17) is 9.84 Å². The zero-order chi connectivity index (χ0) is 13.9. The van der Waals surface area contributed by atoms with Crippen LogP contribution in [-0.4, -0.2) is 23.1 Å². The summed E-state index contributed by atoms with van der Waals surface area (Å²) < 4.78 is 32.1. The van der Waals surface area contributed by atoms with Gasteiger partial charge in [-0.1, -0.05) is 30.3 Å². The fourth-order valence-electron chi connectivity index (χ4n) is 2.33. The van der Waals surface area contributed by atoms with Crippen LogP contribution in [-0.2, 0) is 16.1 Å². The van der Waals surface area contributed by atoms with Crippen LogP contribution in [0.4, 0.5) is 8.78 Å². The lowest BCUT2D eigenvalue weighted by Gasteiger charge is -2.33. The molecule has 0 saturated heterocycles. The van der Waals surface area contributed by atoms with Gasteiger partial charge in [-0.3, -0.25) is 4.79 Å². The lowest BCUT2D eigenvalue weighted by atomic mass is 9.84. The predicted molar refractivity (Wildman–Crippen MR) is 64.9 cm³/mol. The van der Waals surface area contributed by atoms with Crippen LogP contribution in [0.2, 0.25) is 0 Å². The molecule has 1 saturated carbocycles. The van der Waals surface area contributed by atoms with Gasteiger partial charge in [0.1, 0.15) is 0 Å². The number of hydrogen-bond donors (Lipinski definition) is 1. The van der Waals surface area contributed by atoms with E-state index < -0.39 is 30.3 Å². The minimum absolute atomic E-state index is 0.0399. The van der Waals surface area contributed by atoms with E-state index in [1.165, 1.54) is 0 Å². The molecule has 1 fully saturated rings. The number of benzene rings is 1. The summed E-state index contributed by atoms with van der Waals surface area (Å²) in [5, 5.41) is 9.05. The monoisotopic (exact) mass is 270 g/mol. The van der Waals surface area contributed by atoms with E-state index in [0.29, 0.717) is 0 Å². The number of carbonyl (C=O) groups is 1. The van der Waals surface area contributed by atoms with Crippen molar-refractivity contribution in [3.8, 4) is 0 Å². The van der Waals surface area contributed by atoms with Gasteiger partial charge in [0.15, 0.2) is 0 Å². The maximum Gasteiger partial charge on any atom is 0.309 e. The van der Waals surface area contributed by atoms with Crippen molar-refractivity contribution in [1.29, 1.82) is 0 Å². The number of aliphatic carboxylic acids is 1. The summed E-state index contributed by atoms with van der Waals surface area (Å²) in [6.07, 6.45) is -1.87. The van der Waals surface area contributed by atoms with Crippen LogP contribution in [0, 0.1) is 5.92 Å². The third kappa shape index (κ3) is 3.73. The maximum absolute atomic E-state index is 13.3. The Bertz CT molecular complexity index is 434. The van der Waals surface area contributed by atoms with E-state index in [-0.39, 0.29) is 19.4 Å². The Hall–Kier alpha value is -1.49. The van der Waals surface area contributed by atoms with Crippen molar-refractivity contribution in [3.05, 3.63) is 35.9 Å². The van der Waals surface area contributed by atoms with Crippen LogP contribution in [0.15, 0.2) is 30.3 Å². The zero-order valence-corrected chi connectivity index (χ0v) is 10.4. The first-order valence-electron chi connectivity index (χ1n) is 6.24. The van der Waals surface area contributed by atoms with E-state index in [9.17, 15) is 13.6 Å². The van der Waals surface area contributed by atoms with Crippen molar-refractivity contribution in [2.75, 3.05) is 0 Å². The molecule has 0 amide bonds. The molecule has 1 aromatic rings. The number of halogens is 2. The number of hydrogen-bond acceptors (Lipinski definition) is 2. The summed E-state index contributed by atoms with van der Waals surface area (Å²) in [6, 6.07) is 9.12. The van der Waals surface area contributed by atoms with Crippen LogP contribution >= 0.6 is 0 Å². The topological polar surface area (TPSA) is 46.5 Å². The van der Waals surface area contributed by atoms with Gasteiger partial charge in [-0.15, -0.1) is 0 Å². The lowest BCUT2D eigenvalue weighted by molar-refractivity contribution is -0.163. The largest absolute Gasteiger partial charge is 0.481 e. The summed E-state index contributed by atoms with van der Waals surface area (Å²) in [7, 11) is 0. The van der Waals surface area contributed by atoms with Gasteiger partial charge in [-0.05, 0) is 12.0 Å². The summed E-state index contributed by atoms with van der Waals surface area (Å²) >= 11 is 0. The second-order valence-corrected chi connectivity index (χ2v) is 4.88. The van der Waals surface area contributed by atoms with Crippen molar-refractivity contribution in [2.45, 2.75) is 37.9 Å². The fourth-order valence-corrected chi connectivity index (χ4v) is 2.33. The minimum atomic E-state index is -2.83. The summed E-state index contributed by atoms with van der Waals surface area (Å²) in [4.78, 5) is 11.1. The lowest BCUT2D eigenvalue weighted by Crippen LogP contribution is -2.41. The second-order valence-electron chi connectivity index (χ2n) is 4.88. The molecule has 3 nitrogen and oxygen atoms in total. The van der Waals surface area contributed by atoms with Gasteiger partial charge < -0.3 is 9.84 Å². The molecule has 1 aromatic carbocycles. The molecular weight excluding hydrogens is 254 g/mol. The first kappa shape index (κ1) is 13.9. The molecule has 5 heteroatoms. The predicted octanol–water partition coefficient (Wildman–Crippen LogP) is 3.09. The van der Waals surface area contributed by atoms with Crippen LogP contribution in [0.1, 0.15) is 24.8 Å². The van der Waals surface area contributed by atoms with E-state index in [1.807, 2.05) is 30.3 Å². The molecule has 2 rings (SSSR count). The molecule has 1 aliphatic carbocycles. The first-order chi connectivity index (χ1) is 8.98. The number of ether oxygens (including phenoxy) is 1. The zero-order valence-electron chi connectivity index (χ0n) is 10.4. The Labute approximate surface area is 110 Å². The van der Waals surface area contributed by atoms with Gasteiger partial charge in [0.2, 0.25) is 0 Å². The van der Waals surface area contributed by atoms with Crippen molar-refractivity contribution in [2.24, 2.45) is 5.92 Å². The van der Waals surface area contributed by atoms with Crippen LogP contribution in [0.25, 0.3) is 0 Å². The van der Waals surface area contributed by atoms with Crippen LogP contribution in [0.3, 0.4) is 0 Å². The second kappa shape index (κ2) is 5.65. The quantitative estimate of drug-likeness (QED) is 0.914. The number of alkyl halides is 2. The molecule has 104 valence electrons. The van der Waals surface area contributed by atoms with Gasteiger partial charge >= 0.3 is 5.97 Å². The first-order valence-corrected chi connectivity index (χ1v) is 6.24. The average Bonchev–Trinajstić information content (AvgIpc) is 2.36. The molecule has 19 heavy (non-hydrogen) atoms. The molecule has 2 unspecified atom stereocenters. The van der Waals surface area contributed by atoms with E-state index in [1.54, 1.807) is 0 Å². The van der Waals surface area contributed by atoms with E-state index in [2.05, 4.69) is 0 Å². The highest BCUT2D eigenvalue weighted by molar-refractivity contribution is 5.70. The standard InChI is InChI=1S/C14H16F2O3/c15-14(16)7-6-11(13(17)18)12(8-14)19-9-10-4-2-1-3-5-10/h1-5,11-12H,6-9H2,(H,17,18). The van der Waals surface area contributed by atoms with Gasteiger partial charge in [-0.25, -0.2) is 8.78 Å². The molecule has 0 radical (unpaired) electrons. The van der Waals surface area contributed by atoms with Crippen molar-refractivity contribution >= 4 is 5.97 Å². The molecule has 0 bridgehead atoms. The van der Waals surface area contributed by atoms with E-state index in [0.717, 1.165) is 5.56 Å². The molecule has 1 aliphatic rings. The third-order valence-electron chi connectivity index (χ3n) is 3.39. The van der Waals surface area contributed by atoms with Gasteiger partial charge in [0, 0.05) is 12.8 Å². The highest BCUT2D eigenvalue weighted by Crippen LogP contribution is 2.38. The molecule has 0 aromatic heterocycles. The Kier molecular flexibility index (Phi) is 4.14. The van der Waals surface area contributed by atoms with Crippen molar-refractivity contribution in [3.63, 3.8) is 0 Å². The van der Waals surface area contributed by atoms with Gasteiger partial charge in [0.25, 0.3) is 5.92 Å².